The van der Waals surface area contributed by atoms with E-state index in [1.807, 2.05) is 17.8 Å². The number of aromatic nitrogens is 2. The zero-order valence-electron chi connectivity index (χ0n) is 8.70. The molecule has 0 spiro atoms. The van der Waals surface area contributed by atoms with Gasteiger partial charge >= 0.3 is 0 Å². The summed E-state index contributed by atoms with van der Waals surface area (Å²) in [7, 11) is 1.95. The van der Waals surface area contributed by atoms with Gasteiger partial charge in [-0.1, -0.05) is 20.8 Å². The highest BCUT2D eigenvalue weighted by Crippen LogP contribution is 2.30. The minimum atomic E-state index is 0.0725. The number of hydrazine groups is 1. The topological polar surface area (TPSA) is 55.9 Å². The minimum absolute atomic E-state index is 0.0725. The van der Waals surface area contributed by atoms with E-state index in [0.29, 0.717) is 0 Å². The first kappa shape index (κ1) is 10.2. The van der Waals surface area contributed by atoms with Crippen molar-refractivity contribution in [3.05, 3.63) is 18.2 Å². The predicted octanol–water partition coefficient (Wildman–Crippen LogP) is 0.971. The Labute approximate surface area is 79.1 Å². The van der Waals surface area contributed by atoms with Gasteiger partial charge in [0, 0.05) is 13.2 Å². The molecular formula is C9H18N4. The number of nitrogens with zero attached hydrogens (tertiary/aromatic N) is 2. The lowest BCUT2D eigenvalue weighted by molar-refractivity contribution is 0.271. The predicted molar refractivity (Wildman–Crippen MR) is 52.7 cm³/mol. The molecular weight excluding hydrogens is 164 g/mol. The van der Waals surface area contributed by atoms with Crippen LogP contribution in [-0.4, -0.2) is 9.55 Å². The number of hydrogen-bond acceptors (Lipinski definition) is 3. The highest BCUT2D eigenvalue weighted by Gasteiger charge is 2.26. The molecule has 0 bridgehead atoms. The van der Waals surface area contributed by atoms with Crippen LogP contribution >= 0.6 is 0 Å². The zero-order valence-corrected chi connectivity index (χ0v) is 8.70. The summed E-state index contributed by atoms with van der Waals surface area (Å²) in [5.74, 6) is 5.50. The van der Waals surface area contributed by atoms with Crippen LogP contribution in [0.1, 0.15) is 32.5 Å². The Hall–Kier alpha value is -0.870. The maximum atomic E-state index is 5.50. The molecule has 1 aromatic rings. The average Bonchev–Trinajstić information content (AvgIpc) is 2.34. The molecule has 0 radical (unpaired) electrons. The van der Waals surface area contributed by atoms with Crippen molar-refractivity contribution in [1.29, 1.82) is 0 Å². The van der Waals surface area contributed by atoms with E-state index in [1.54, 1.807) is 6.33 Å². The van der Waals surface area contributed by atoms with E-state index in [9.17, 15) is 0 Å². The molecule has 0 aliphatic rings. The van der Waals surface area contributed by atoms with Gasteiger partial charge in [-0.05, 0) is 5.41 Å². The van der Waals surface area contributed by atoms with E-state index in [-0.39, 0.29) is 11.5 Å². The van der Waals surface area contributed by atoms with Gasteiger partial charge in [0.2, 0.25) is 0 Å². The van der Waals surface area contributed by atoms with E-state index in [1.165, 1.54) is 0 Å². The van der Waals surface area contributed by atoms with Crippen LogP contribution in [0.2, 0.25) is 0 Å². The van der Waals surface area contributed by atoms with Crippen molar-refractivity contribution in [2.45, 2.75) is 26.8 Å². The van der Waals surface area contributed by atoms with Crippen LogP contribution in [0.4, 0.5) is 0 Å². The van der Waals surface area contributed by atoms with E-state index >= 15 is 0 Å². The normalized spacial score (nSPS) is 14.5. The van der Waals surface area contributed by atoms with E-state index in [2.05, 4.69) is 31.2 Å². The summed E-state index contributed by atoms with van der Waals surface area (Å²) in [4.78, 5) is 4.27. The molecule has 74 valence electrons. The van der Waals surface area contributed by atoms with Crippen LogP contribution in [0.25, 0.3) is 0 Å². The van der Waals surface area contributed by atoms with Gasteiger partial charge in [-0.3, -0.25) is 11.3 Å². The molecule has 4 nitrogen and oxygen atoms in total. The second kappa shape index (κ2) is 3.47. The van der Waals surface area contributed by atoms with Gasteiger partial charge in [0.1, 0.15) is 0 Å². The van der Waals surface area contributed by atoms with Crippen molar-refractivity contribution in [2.24, 2.45) is 18.3 Å². The molecule has 13 heavy (non-hydrogen) atoms. The number of nitrogens with one attached hydrogen (secondary N) is 1. The molecule has 1 rings (SSSR count). The first-order valence-electron chi connectivity index (χ1n) is 4.39. The van der Waals surface area contributed by atoms with Crippen LogP contribution in [0.15, 0.2) is 12.5 Å². The number of hydrogen-bond donors (Lipinski definition) is 2. The van der Waals surface area contributed by atoms with Crippen LogP contribution in [-0.2, 0) is 7.05 Å². The Bertz CT molecular complexity index is 271. The zero-order chi connectivity index (χ0) is 10.1. The fraction of sp³-hybridized carbons (Fsp3) is 0.667. The molecule has 1 atom stereocenters. The Balaban J connectivity index is 2.91. The second-order valence-electron chi connectivity index (χ2n) is 4.43. The standard InChI is InChI=1S/C9H18N4/c1-9(2,3)8(12-10)7-5-13(4)6-11-7/h5-6,8,12H,10H2,1-4H3. The molecule has 0 fully saturated rings. The van der Waals surface area contributed by atoms with E-state index < -0.39 is 0 Å². The summed E-state index contributed by atoms with van der Waals surface area (Å²) in [6.45, 7) is 6.39. The Morgan fingerprint density at radius 3 is 2.46 bits per heavy atom. The minimum Gasteiger partial charge on any atom is -0.340 e. The smallest absolute Gasteiger partial charge is 0.0947 e. The summed E-state index contributed by atoms with van der Waals surface area (Å²) in [6, 6.07) is 0.0914. The Morgan fingerprint density at radius 2 is 2.15 bits per heavy atom. The highest BCUT2D eigenvalue weighted by atomic mass is 15.2. The fourth-order valence-corrected chi connectivity index (χ4v) is 1.36. The molecule has 1 aromatic heterocycles. The van der Waals surface area contributed by atoms with E-state index in [0.717, 1.165) is 5.69 Å². The summed E-state index contributed by atoms with van der Waals surface area (Å²) < 4.78 is 1.92. The third-order valence-corrected chi connectivity index (χ3v) is 2.05. The van der Waals surface area contributed by atoms with Crippen molar-refractivity contribution in [3.63, 3.8) is 0 Å². The number of imidazole rings is 1. The van der Waals surface area contributed by atoms with Gasteiger partial charge < -0.3 is 4.57 Å². The number of nitrogens with two attached hydrogens (primary N) is 1. The lowest BCUT2D eigenvalue weighted by Gasteiger charge is -2.28. The first-order valence-corrected chi connectivity index (χ1v) is 4.39. The molecule has 0 amide bonds. The molecule has 3 N–H and O–H groups in total. The lowest BCUT2D eigenvalue weighted by Crippen LogP contribution is -2.37. The van der Waals surface area contributed by atoms with Gasteiger partial charge in [-0.2, -0.15) is 0 Å². The summed E-state index contributed by atoms with van der Waals surface area (Å²) >= 11 is 0. The summed E-state index contributed by atoms with van der Waals surface area (Å²) in [5.41, 5.74) is 3.85. The van der Waals surface area contributed by atoms with Crippen molar-refractivity contribution in [3.8, 4) is 0 Å². The molecule has 1 unspecified atom stereocenters. The van der Waals surface area contributed by atoms with Crippen LogP contribution < -0.4 is 11.3 Å². The summed E-state index contributed by atoms with van der Waals surface area (Å²) in [5, 5.41) is 0. The molecule has 0 saturated heterocycles. The van der Waals surface area contributed by atoms with Crippen LogP contribution in [0.5, 0.6) is 0 Å². The van der Waals surface area contributed by atoms with Gasteiger partial charge in [-0.25, -0.2) is 4.98 Å². The van der Waals surface area contributed by atoms with Crippen LogP contribution in [0.3, 0.4) is 0 Å². The Kier molecular flexibility index (Phi) is 2.73. The van der Waals surface area contributed by atoms with Crippen molar-refractivity contribution in [1.82, 2.24) is 15.0 Å². The molecule has 0 aliphatic heterocycles. The van der Waals surface area contributed by atoms with E-state index in [4.69, 9.17) is 5.84 Å². The van der Waals surface area contributed by atoms with Gasteiger partial charge in [0.25, 0.3) is 0 Å². The van der Waals surface area contributed by atoms with Crippen molar-refractivity contribution >= 4 is 0 Å². The van der Waals surface area contributed by atoms with Crippen molar-refractivity contribution < 1.29 is 0 Å². The second-order valence-corrected chi connectivity index (χ2v) is 4.43. The highest BCUT2D eigenvalue weighted by molar-refractivity contribution is 5.06. The number of aryl methyl sites for hydroxylation is 1. The average molecular weight is 182 g/mol. The maximum absolute atomic E-state index is 5.50. The van der Waals surface area contributed by atoms with Crippen LogP contribution in [0, 0.1) is 5.41 Å². The van der Waals surface area contributed by atoms with Crippen molar-refractivity contribution in [2.75, 3.05) is 0 Å². The van der Waals surface area contributed by atoms with Gasteiger partial charge in [0.15, 0.2) is 0 Å². The monoisotopic (exact) mass is 182 g/mol. The molecule has 0 aromatic carbocycles. The lowest BCUT2D eigenvalue weighted by atomic mass is 9.85. The summed E-state index contributed by atoms with van der Waals surface area (Å²) in [6.07, 6.45) is 3.77. The number of rotatable bonds is 2. The quantitative estimate of drug-likeness (QED) is 0.529. The van der Waals surface area contributed by atoms with Gasteiger partial charge in [-0.15, -0.1) is 0 Å². The third-order valence-electron chi connectivity index (χ3n) is 2.05. The third kappa shape index (κ3) is 2.29. The molecule has 0 aliphatic carbocycles. The molecule has 4 heteroatoms. The molecule has 0 saturated carbocycles. The fourth-order valence-electron chi connectivity index (χ4n) is 1.36. The largest absolute Gasteiger partial charge is 0.340 e. The maximum Gasteiger partial charge on any atom is 0.0947 e. The molecule has 1 heterocycles. The SMILES string of the molecule is Cn1cnc(C(NN)C(C)(C)C)c1. The first-order chi connectivity index (χ1) is 5.95. The Morgan fingerprint density at radius 1 is 1.54 bits per heavy atom. The van der Waals surface area contributed by atoms with Gasteiger partial charge in [0.05, 0.1) is 18.1 Å².